The number of furan rings is 1. The Morgan fingerprint density at radius 1 is 1.38 bits per heavy atom. The molecule has 0 aliphatic heterocycles. The van der Waals surface area contributed by atoms with Gasteiger partial charge < -0.3 is 9.62 Å². The van der Waals surface area contributed by atoms with E-state index < -0.39 is 0 Å². The lowest BCUT2D eigenvalue weighted by molar-refractivity contribution is 0.317. The average Bonchev–Trinajstić information content (AvgIpc) is 2.79. The molecular weight excluding hydrogens is 228 g/mol. The first-order valence-corrected chi connectivity index (χ1v) is 5.03. The lowest BCUT2D eigenvalue weighted by atomic mass is 10.1. The van der Waals surface area contributed by atoms with Crippen LogP contribution < -0.4 is 0 Å². The van der Waals surface area contributed by atoms with Crippen LogP contribution in [0.3, 0.4) is 0 Å². The summed E-state index contributed by atoms with van der Waals surface area (Å²) in [6, 6.07) is 8.74. The number of pyridine rings is 1. The summed E-state index contributed by atoms with van der Waals surface area (Å²) in [5.41, 5.74) is 1.14. The maximum absolute atomic E-state index is 8.90. The topological polar surface area (TPSA) is 58.6 Å². The normalized spacial score (nSPS) is 11.7. The molecule has 0 atom stereocenters. The minimum Gasteiger partial charge on any atom is -0.463 e. The summed E-state index contributed by atoms with van der Waals surface area (Å²) in [6.45, 7) is 0. The van der Waals surface area contributed by atoms with Crippen molar-refractivity contribution in [3.8, 4) is 0 Å². The van der Waals surface area contributed by atoms with Gasteiger partial charge in [0.2, 0.25) is 0 Å². The number of rotatable bonds is 3. The molecule has 2 heterocycles. The van der Waals surface area contributed by atoms with Gasteiger partial charge in [-0.15, -0.1) is 0 Å². The monoisotopic (exact) mass is 236 g/mol. The minimum atomic E-state index is 0.366. The molecule has 16 heavy (non-hydrogen) atoms. The zero-order valence-electron chi connectivity index (χ0n) is 8.30. The van der Waals surface area contributed by atoms with Crippen LogP contribution in [0.5, 0.6) is 0 Å². The average molecular weight is 237 g/mol. The molecule has 0 amide bonds. The third kappa shape index (κ3) is 2.41. The zero-order valence-corrected chi connectivity index (χ0v) is 9.05. The van der Waals surface area contributed by atoms with Crippen molar-refractivity contribution >= 4 is 17.3 Å². The van der Waals surface area contributed by atoms with Crippen molar-refractivity contribution in [3.05, 3.63) is 53.2 Å². The highest BCUT2D eigenvalue weighted by atomic mass is 35.5. The molecule has 2 aromatic heterocycles. The van der Waals surface area contributed by atoms with Gasteiger partial charge in [0, 0.05) is 12.1 Å². The van der Waals surface area contributed by atoms with Crippen molar-refractivity contribution in [1.29, 1.82) is 0 Å². The molecule has 2 aromatic rings. The number of halogens is 1. The van der Waals surface area contributed by atoms with E-state index in [0.717, 1.165) is 5.69 Å². The van der Waals surface area contributed by atoms with Crippen molar-refractivity contribution in [2.75, 3.05) is 0 Å². The number of aromatic nitrogens is 1. The molecule has 82 valence electrons. The van der Waals surface area contributed by atoms with Crippen molar-refractivity contribution in [1.82, 2.24) is 4.98 Å². The lowest BCUT2D eigenvalue weighted by Crippen LogP contribution is -2.05. The maximum atomic E-state index is 8.90. The van der Waals surface area contributed by atoms with E-state index in [-0.39, 0.29) is 0 Å². The fourth-order valence-electron chi connectivity index (χ4n) is 1.33. The Kier molecular flexibility index (Phi) is 3.22. The van der Waals surface area contributed by atoms with Crippen LogP contribution in [0.1, 0.15) is 11.5 Å². The molecule has 4 nitrogen and oxygen atoms in total. The van der Waals surface area contributed by atoms with Crippen molar-refractivity contribution in [2.24, 2.45) is 5.16 Å². The molecule has 5 heteroatoms. The van der Waals surface area contributed by atoms with Gasteiger partial charge >= 0.3 is 0 Å². The summed E-state index contributed by atoms with van der Waals surface area (Å²) in [7, 11) is 0. The molecule has 0 saturated heterocycles. The quantitative estimate of drug-likeness (QED) is 0.386. The standard InChI is InChI=1S/C11H9ClN2O2/c12-11-5-1-3-8(13-11)7-9(14-15)10-4-2-6-16-10/h1-6,15H,7H2/b14-9-. The summed E-state index contributed by atoms with van der Waals surface area (Å²) in [5, 5.41) is 12.5. The third-order valence-corrected chi connectivity index (χ3v) is 2.26. The van der Waals surface area contributed by atoms with E-state index in [1.165, 1.54) is 6.26 Å². The summed E-state index contributed by atoms with van der Waals surface area (Å²) in [5.74, 6) is 0.518. The Hall–Kier alpha value is -1.81. The van der Waals surface area contributed by atoms with Gasteiger partial charge in [-0.1, -0.05) is 22.8 Å². The molecule has 0 saturated carbocycles. The summed E-state index contributed by atoms with van der Waals surface area (Å²) < 4.78 is 5.14. The highest BCUT2D eigenvalue weighted by Gasteiger charge is 2.09. The first-order valence-electron chi connectivity index (χ1n) is 4.66. The van der Waals surface area contributed by atoms with Crippen LogP contribution in [0.2, 0.25) is 5.15 Å². The van der Waals surface area contributed by atoms with Crippen molar-refractivity contribution in [3.63, 3.8) is 0 Å². The van der Waals surface area contributed by atoms with Gasteiger partial charge in [-0.05, 0) is 24.3 Å². The first kappa shape index (κ1) is 10.7. The number of hydrogen-bond donors (Lipinski definition) is 1. The third-order valence-electron chi connectivity index (χ3n) is 2.05. The van der Waals surface area contributed by atoms with E-state index in [2.05, 4.69) is 10.1 Å². The van der Waals surface area contributed by atoms with Gasteiger partial charge in [0.15, 0.2) is 5.76 Å². The SMILES string of the molecule is O/N=C(/Cc1cccc(Cl)n1)c1ccco1. The summed E-state index contributed by atoms with van der Waals surface area (Å²) >= 11 is 5.76. The molecule has 1 N–H and O–H groups in total. The van der Waals surface area contributed by atoms with E-state index in [0.29, 0.717) is 23.0 Å². The highest BCUT2D eigenvalue weighted by molar-refractivity contribution is 6.29. The maximum Gasteiger partial charge on any atom is 0.151 e. The Morgan fingerprint density at radius 2 is 2.25 bits per heavy atom. The van der Waals surface area contributed by atoms with Gasteiger partial charge in [-0.2, -0.15) is 0 Å². The predicted octanol–water partition coefficient (Wildman–Crippen LogP) is 2.75. The van der Waals surface area contributed by atoms with Crippen molar-refractivity contribution < 1.29 is 9.62 Å². The van der Waals surface area contributed by atoms with Gasteiger partial charge in [0.25, 0.3) is 0 Å². The van der Waals surface area contributed by atoms with Gasteiger partial charge in [0.1, 0.15) is 10.9 Å². The van der Waals surface area contributed by atoms with Crippen LogP contribution in [0.25, 0.3) is 0 Å². The van der Waals surface area contributed by atoms with E-state index >= 15 is 0 Å². The Morgan fingerprint density at radius 3 is 2.88 bits per heavy atom. The summed E-state index contributed by atoms with van der Waals surface area (Å²) in [4.78, 5) is 4.10. The molecular formula is C11H9ClN2O2. The van der Waals surface area contributed by atoms with Gasteiger partial charge in [-0.3, -0.25) is 0 Å². The molecule has 0 spiro atoms. The fourth-order valence-corrected chi connectivity index (χ4v) is 1.52. The number of oxime groups is 1. The second-order valence-corrected chi connectivity index (χ2v) is 3.54. The number of nitrogens with zero attached hydrogens (tertiary/aromatic N) is 2. The van der Waals surface area contributed by atoms with Gasteiger partial charge in [-0.25, -0.2) is 4.98 Å². The molecule has 0 bridgehead atoms. The molecule has 0 radical (unpaired) electrons. The van der Waals surface area contributed by atoms with Crippen LogP contribution in [0.4, 0.5) is 0 Å². The lowest BCUT2D eigenvalue weighted by Gasteiger charge is -2.01. The second-order valence-electron chi connectivity index (χ2n) is 3.15. The predicted molar refractivity (Wildman–Crippen MR) is 60.0 cm³/mol. The Bertz CT molecular complexity index is 494. The van der Waals surface area contributed by atoms with Crippen LogP contribution in [-0.2, 0) is 6.42 Å². The van der Waals surface area contributed by atoms with Crippen molar-refractivity contribution in [2.45, 2.75) is 6.42 Å². The smallest absolute Gasteiger partial charge is 0.151 e. The van der Waals surface area contributed by atoms with Crippen LogP contribution >= 0.6 is 11.6 Å². The minimum absolute atomic E-state index is 0.366. The second kappa shape index (κ2) is 4.81. The molecule has 0 aromatic carbocycles. The fraction of sp³-hybridized carbons (Fsp3) is 0.0909. The molecule has 0 aliphatic carbocycles. The summed E-state index contributed by atoms with van der Waals surface area (Å²) in [6.07, 6.45) is 1.89. The van der Waals surface area contributed by atoms with Crippen LogP contribution in [0.15, 0.2) is 46.2 Å². The van der Waals surface area contributed by atoms with E-state index in [4.69, 9.17) is 21.2 Å². The molecule has 0 fully saturated rings. The van der Waals surface area contributed by atoms with E-state index in [1.807, 2.05) is 0 Å². The highest BCUT2D eigenvalue weighted by Crippen LogP contribution is 2.10. The van der Waals surface area contributed by atoms with E-state index in [9.17, 15) is 0 Å². The number of hydrogen-bond acceptors (Lipinski definition) is 4. The Labute approximate surface area is 97.2 Å². The van der Waals surface area contributed by atoms with Crippen LogP contribution in [-0.4, -0.2) is 15.9 Å². The zero-order chi connectivity index (χ0) is 11.4. The Balaban J connectivity index is 2.21. The van der Waals surface area contributed by atoms with Gasteiger partial charge in [0.05, 0.1) is 6.26 Å². The van der Waals surface area contributed by atoms with Crippen LogP contribution in [0, 0.1) is 0 Å². The largest absolute Gasteiger partial charge is 0.463 e. The first-order chi connectivity index (χ1) is 7.79. The molecule has 0 unspecified atom stereocenters. The molecule has 2 rings (SSSR count). The molecule has 0 aliphatic rings. The van der Waals surface area contributed by atoms with E-state index in [1.54, 1.807) is 30.3 Å².